The summed E-state index contributed by atoms with van der Waals surface area (Å²) in [4.78, 5) is 12.1. The average molecular weight is 248 g/mol. The molecule has 0 aliphatic rings. The minimum absolute atomic E-state index is 0.0538. The van der Waals surface area contributed by atoms with Gasteiger partial charge in [-0.3, -0.25) is 4.79 Å². The van der Waals surface area contributed by atoms with E-state index in [1.807, 2.05) is 37.3 Å². The van der Waals surface area contributed by atoms with Crippen molar-refractivity contribution in [3.05, 3.63) is 35.9 Å². The van der Waals surface area contributed by atoms with Crippen LogP contribution in [0.1, 0.15) is 51.6 Å². The molecule has 3 N–H and O–H groups in total. The van der Waals surface area contributed by atoms with Gasteiger partial charge in [-0.2, -0.15) is 0 Å². The summed E-state index contributed by atoms with van der Waals surface area (Å²) >= 11 is 0. The van der Waals surface area contributed by atoms with Crippen LogP contribution in [-0.2, 0) is 4.79 Å². The summed E-state index contributed by atoms with van der Waals surface area (Å²) in [5.74, 6) is -0.0766. The molecule has 2 unspecified atom stereocenters. The first-order chi connectivity index (χ1) is 8.51. The molecule has 100 valence electrons. The number of hydrogen-bond acceptors (Lipinski definition) is 2. The lowest BCUT2D eigenvalue weighted by Crippen LogP contribution is -2.51. The quantitative estimate of drug-likeness (QED) is 0.813. The second-order valence-electron chi connectivity index (χ2n) is 5.00. The molecule has 3 nitrogen and oxygen atoms in total. The lowest BCUT2D eigenvalue weighted by atomic mass is 9.96. The maximum atomic E-state index is 12.1. The second kappa shape index (κ2) is 6.55. The lowest BCUT2D eigenvalue weighted by Gasteiger charge is -2.26. The summed E-state index contributed by atoms with van der Waals surface area (Å²) in [6, 6.07) is 10.1. The van der Waals surface area contributed by atoms with Gasteiger partial charge in [0.05, 0.1) is 11.6 Å². The average Bonchev–Trinajstić information content (AvgIpc) is 2.39. The van der Waals surface area contributed by atoms with Gasteiger partial charge in [-0.1, -0.05) is 50.6 Å². The highest BCUT2D eigenvalue weighted by Gasteiger charge is 2.28. The Morgan fingerprint density at radius 1 is 1.33 bits per heavy atom. The summed E-state index contributed by atoms with van der Waals surface area (Å²) in [6.45, 7) is 5.82. The van der Waals surface area contributed by atoms with Crippen LogP contribution in [0.4, 0.5) is 0 Å². The standard InChI is InChI=1S/C15H24N2O/c1-4-9-13(12-10-7-6-8-11-12)17-14(18)15(3,16)5-2/h6-8,10-11,13H,4-5,9,16H2,1-3H3,(H,17,18). The predicted octanol–water partition coefficient (Wildman–Crippen LogP) is 2.77. The van der Waals surface area contributed by atoms with Crippen LogP contribution in [-0.4, -0.2) is 11.4 Å². The van der Waals surface area contributed by atoms with Gasteiger partial charge >= 0.3 is 0 Å². The minimum Gasteiger partial charge on any atom is -0.348 e. The van der Waals surface area contributed by atoms with Gasteiger partial charge in [-0.05, 0) is 25.3 Å². The molecule has 0 saturated carbocycles. The Hall–Kier alpha value is -1.35. The fourth-order valence-electron chi connectivity index (χ4n) is 1.78. The summed E-state index contributed by atoms with van der Waals surface area (Å²) in [5.41, 5.74) is 6.32. The molecule has 0 spiro atoms. The first kappa shape index (κ1) is 14.7. The Morgan fingerprint density at radius 2 is 1.94 bits per heavy atom. The van der Waals surface area contributed by atoms with Crippen LogP contribution >= 0.6 is 0 Å². The molecule has 18 heavy (non-hydrogen) atoms. The second-order valence-corrected chi connectivity index (χ2v) is 5.00. The van der Waals surface area contributed by atoms with Gasteiger partial charge in [0.15, 0.2) is 0 Å². The monoisotopic (exact) mass is 248 g/mol. The molecular weight excluding hydrogens is 224 g/mol. The molecule has 3 heteroatoms. The van der Waals surface area contributed by atoms with Crippen LogP contribution in [0.2, 0.25) is 0 Å². The van der Waals surface area contributed by atoms with E-state index in [9.17, 15) is 4.79 Å². The van der Waals surface area contributed by atoms with Gasteiger partial charge in [0, 0.05) is 0 Å². The molecule has 0 heterocycles. The molecule has 0 aliphatic heterocycles. The number of nitrogens with one attached hydrogen (secondary N) is 1. The third kappa shape index (κ3) is 3.84. The van der Waals surface area contributed by atoms with Gasteiger partial charge in [0.25, 0.3) is 0 Å². The third-order valence-corrected chi connectivity index (χ3v) is 3.34. The molecule has 0 aromatic heterocycles. The number of rotatable bonds is 6. The van der Waals surface area contributed by atoms with Crippen molar-refractivity contribution in [1.29, 1.82) is 0 Å². The van der Waals surface area contributed by atoms with Gasteiger partial charge < -0.3 is 11.1 Å². The Bertz CT molecular complexity index is 373. The van der Waals surface area contributed by atoms with E-state index in [0.717, 1.165) is 18.4 Å². The zero-order chi connectivity index (χ0) is 13.6. The van der Waals surface area contributed by atoms with Crippen LogP contribution in [0.3, 0.4) is 0 Å². The summed E-state index contributed by atoms with van der Waals surface area (Å²) in [7, 11) is 0. The summed E-state index contributed by atoms with van der Waals surface area (Å²) in [6.07, 6.45) is 2.58. The van der Waals surface area contributed by atoms with Crippen molar-refractivity contribution in [3.8, 4) is 0 Å². The van der Waals surface area contributed by atoms with E-state index in [4.69, 9.17) is 5.73 Å². The molecular formula is C15H24N2O. The molecule has 1 aromatic carbocycles. The van der Waals surface area contributed by atoms with Gasteiger partial charge in [-0.15, -0.1) is 0 Å². The SMILES string of the molecule is CCCC(NC(=O)C(C)(N)CC)c1ccccc1. The van der Waals surface area contributed by atoms with Crippen LogP contribution in [0.25, 0.3) is 0 Å². The third-order valence-electron chi connectivity index (χ3n) is 3.34. The molecule has 2 atom stereocenters. The van der Waals surface area contributed by atoms with Gasteiger partial charge in [-0.25, -0.2) is 0 Å². The Balaban J connectivity index is 2.79. The van der Waals surface area contributed by atoms with Gasteiger partial charge in [0.1, 0.15) is 0 Å². The van der Waals surface area contributed by atoms with Crippen molar-refractivity contribution in [2.45, 2.75) is 51.6 Å². The van der Waals surface area contributed by atoms with Crippen LogP contribution < -0.4 is 11.1 Å². The van der Waals surface area contributed by atoms with Crippen molar-refractivity contribution in [2.75, 3.05) is 0 Å². The van der Waals surface area contributed by atoms with Crippen molar-refractivity contribution < 1.29 is 4.79 Å². The maximum Gasteiger partial charge on any atom is 0.240 e. The highest BCUT2D eigenvalue weighted by molar-refractivity contribution is 5.85. The van der Waals surface area contributed by atoms with Gasteiger partial charge in [0.2, 0.25) is 5.91 Å². The van der Waals surface area contributed by atoms with Crippen LogP contribution in [0.15, 0.2) is 30.3 Å². The first-order valence-electron chi connectivity index (χ1n) is 6.66. The molecule has 0 saturated heterocycles. The van der Waals surface area contributed by atoms with Crippen LogP contribution in [0.5, 0.6) is 0 Å². The van der Waals surface area contributed by atoms with E-state index in [0.29, 0.717) is 6.42 Å². The van der Waals surface area contributed by atoms with Crippen molar-refractivity contribution in [2.24, 2.45) is 5.73 Å². The van der Waals surface area contributed by atoms with Crippen LogP contribution in [0, 0.1) is 0 Å². The van der Waals surface area contributed by atoms with E-state index < -0.39 is 5.54 Å². The van der Waals surface area contributed by atoms with Crippen molar-refractivity contribution >= 4 is 5.91 Å². The predicted molar refractivity (Wildman–Crippen MR) is 75.1 cm³/mol. The highest BCUT2D eigenvalue weighted by Crippen LogP contribution is 2.19. The number of carbonyl (C=O) groups excluding carboxylic acids is 1. The topological polar surface area (TPSA) is 55.1 Å². The molecule has 0 fully saturated rings. The fourth-order valence-corrected chi connectivity index (χ4v) is 1.78. The summed E-state index contributed by atoms with van der Waals surface area (Å²) < 4.78 is 0. The number of benzene rings is 1. The van der Waals surface area contributed by atoms with E-state index in [1.54, 1.807) is 6.92 Å². The normalized spacial score (nSPS) is 15.8. The number of carbonyl (C=O) groups is 1. The molecule has 1 aromatic rings. The zero-order valence-electron chi connectivity index (χ0n) is 11.6. The maximum absolute atomic E-state index is 12.1. The number of amides is 1. The Morgan fingerprint density at radius 3 is 2.44 bits per heavy atom. The Kier molecular flexibility index (Phi) is 5.35. The lowest BCUT2D eigenvalue weighted by molar-refractivity contribution is -0.126. The van der Waals surface area contributed by atoms with E-state index >= 15 is 0 Å². The Labute approximate surface area is 110 Å². The molecule has 0 radical (unpaired) electrons. The molecule has 0 aliphatic carbocycles. The van der Waals surface area contributed by atoms with Crippen molar-refractivity contribution in [3.63, 3.8) is 0 Å². The van der Waals surface area contributed by atoms with Crippen molar-refractivity contribution in [1.82, 2.24) is 5.32 Å². The molecule has 0 bridgehead atoms. The smallest absolute Gasteiger partial charge is 0.240 e. The van der Waals surface area contributed by atoms with E-state index in [1.165, 1.54) is 0 Å². The highest BCUT2D eigenvalue weighted by atomic mass is 16.2. The van der Waals surface area contributed by atoms with E-state index in [2.05, 4.69) is 12.2 Å². The minimum atomic E-state index is -0.791. The fraction of sp³-hybridized carbons (Fsp3) is 0.533. The summed E-state index contributed by atoms with van der Waals surface area (Å²) in [5, 5.41) is 3.06. The zero-order valence-corrected chi connectivity index (χ0v) is 11.6. The number of hydrogen-bond donors (Lipinski definition) is 2. The number of nitrogens with two attached hydrogens (primary N) is 1. The van der Waals surface area contributed by atoms with E-state index in [-0.39, 0.29) is 11.9 Å². The molecule has 1 amide bonds. The molecule has 1 rings (SSSR count). The largest absolute Gasteiger partial charge is 0.348 e. The first-order valence-corrected chi connectivity index (χ1v) is 6.66.